The molecule has 1 radical (unpaired) electrons. The maximum Gasteiger partial charge on any atom is 0.306 e. The van der Waals surface area contributed by atoms with E-state index in [0.29, 0.717) is 25.9 Å². The lowest BCUT2D eigenvalue weighted by Gasteiger charge is -2.21. The number of carbonyl (C=O) groups is 1. The molecule has 0 rings (SSSR count). The molecule has 0 aliphatic heterocycles. The summed E-state index contributed by atoms with van der Waals surface area (Å²) in [6, 6.07) is -0.605. The van der Waals surface area contributed by atoms with E-state index in [1.165, 1.54) is 103 Å². The molecule has 3 atom stereocenters. The molecule has 0 bridgehead atoms. The van der Waals surface area contributed by atoms with Gasteiger partial charge in [0.1, 0.15) is 13.6 Å². The average Bonchev–Trinajstić information content (AvgIpc) is 3.09. The van der Waals surface area contributed by atoms with E-state index >= 15 is 0 Å². The van der Waals surface area contributed by atoms with Crippen molar-refractivity contribution >= 4 is 42.8 Å². The van der Waals surface area contributed by atoms with Crippen LogP contribution < -0.4 is 4.72 Å². The van der Waals surface area contributed by atoms with Gasteiger partial charge in [-0.25, -0.2) is 13.1 Å². The second kappa shape index (κ2) is 36.9. The lowest BCUT2D eigenvalue weighted by molar-refractivity contribution is -0.150. The smallest absolute Gasteiger partial charge is 0.306 e. The van der Waals surface area contributed by atoms with E-state index in [9.17, 15) is 13.2 Å². The first-order valence-electron chi connectivity index (χ1n) is 20.9. The second-order valence-corrected chi connectivity index (χ2v) is 17.1. The Morgan fingerprint density at radius 2 is 1.25 bits per heavy atom. The average molecular weight is 740 g/mol. The first-order chi connectivity index (χ1) is 24.3. The summed E-state index contributed by atoms with van der Waals surface area (Å²) in [4.78, 5) is 12.7. The summed E-state index contributed by atoms with van der Waals surface area (Å²) in [5, 5.41) is 0. The van der Waals surface area contributed by atoms with Gasteiger partial charge in [0.15, 0.2) is 0 Å². The predicted octanol–water partition coefficient (Wildman–Crippen LogP) is 10.9. The molecule has 1 N–H and O–H groups in total. The van der Waals surface area contributed by atoms with E-state index in [2.05, 4.69) is 25.5 Å². The van der Waals surface area contributed by atoms with Crippen LogP contribution in [-0.2, 0) is 28.5 Å². The van der Waals surface area contributed by atoms with Gasteiger partial charge in [0.25, 0.3) is 0 Å². The number of rotatable bonds is 40. The normalized spacial score (nSPS) is 14.3. The van der Waals surface area contributed by atoms with Crippen LogP contribution in [0.2, 0.25) is 0 Å². The van der Waals surface area contributed by atoms with Crippen molar-refractivity contribution in [2.45, 2.75) is 206 Å². The van der Waals surface area contributed by atoms with Crippen molar-refractivity contribution in [2.75, 3.05) is 25.6 Å². The van der Waals surface area contributed by atoms with E-state index in [0.717, 1.165) is 70.6 Å². The summed E-state index contributed by atoms with van der Waals surface area (Å²) in [7, 11) is -4.00. The van der Waals surface area contributed by atoms with Crippen LogP contribution >= 0.6 is 19.3 Å². The van der Waals surface area contributed by atoms with Crippen LogP contribution in [0.3, 0.4) is 0 Å². The third-order valence-corrected chi connectivity index (χ3v) is 11.2. The molecular weight excluding hydrogens is 660 g/mol. The molecule has 0 aliphatic rings. The van der Waals surface area contributed by atoms with Gasteiger partial charge in [-0.3, -0.25) is 4.79 Å². The number of sulfonamides is 1. The van der Waals surface area contributed by atoms with Gasteiger partial charge in [-0.15, -0.1) is 0 Å². The van der Waals surface area contributed by atoms with E-state index in [1.807, 2.05) is 0 Å². The molecule has 0 fully saturated rings. The molecule has 1 unspecified atom stereocenters. The van der Waals surface area contributed by atoms with Gasteiger partial charge in [0.2, 0.25) is 10.0 Å². The van der Waals surface area contributed by atoms with Crippen molar-refractivity contribution in [2.24, 2.45) is 0 Å². The van der Waals surface area contributed by atoms with E-state index in [1.54, 1.807) is 0 Å². The molecule has 0 aromatic heterocycles. The summed E-state index contributed by atoms with van der Waals surface area (Å²) in [6.45, 7) is 7.17. The van der Waals surface area contributed by atoms with Crippen LogP contribution in [0.4, 0.5) is 0 Å². The fourth-order valence-electron chi connectivity index (χ4n) is 5.85. The number of carbonyl (C=O) groups excluding carboxylic acids is 1. The fraction of sp³-hybridized carbons (Fsp3) is 0.973. The number of hydrogen-bond donors (Lipinski definition) is 1. The van der Waals surface area contributed by atoms with Crippen molar-refractivity contribution in [1.82, 2.24) is 4.72 Å². The maximum atomic E-state index is 12.9. The molecule has 0 saturated carbocycles. The Kier molecular flexibility index (Phi) is 34.1. The Balaban J connectivity index is 4.74. The van der Waals surface area contributed by atoms with Crippen molar-refractivity contribution in [3.63, 3.8) is 0 Å². The first-order valence-corrected chi connectivity index (χ1v) is 23.8. The van der Waals surface area contributed by atoms with Crippen LogP contribution in [0.5, 0.6) is 0 Å². The highest BCUT2D eigenvalue weighted by atomic mass is 32.7. The Bertz CT molecular complexity index is 853. The Labute approximate surface area is 307 Å². The molecule has 0 aromatic rings. The van der Waals surface area contributed by atoms with Gasteiger partial charge in [0.05, 0.1) is 32.9 Å². The predicted molar refractivity (Wildman–Crippen MR) is 212 cm³/mol. The number of ether oxygens (including phenoxy) is 2. The summed E-state index contributed by atoms with van der Waals surface area (Å²) < 4.78 is 61.0. The topological polar surface area (TPSA) is 90.9 Å². The van der Waals surface area contributed by atoms with Crippen molar-refractivity contribution in [3.05, 3.63) is 0 Å². The zero-order valence-corrected chi connectivity index (χ0v) is 33.9. The number of hydrogen-bond acceptors (Lipinski definition) is 7. The summed E-state index contributed by atoms with van der Waals surface area (Å²) in [6.07, 6.45) is 29.5. The largest absolute Gasteiger partial charge is 0.462 e. The van der Waals surface area contributed by atoms with E-state index in [-0.39, 0.29) is 31.0 Å². The summed E-state index contributed by atoms with van der Waals surface area (Å²) in [5.74, 6) is -0.0685. The Morgan fingerprint density at radius 1 is 0.750 bits per heavy atom. The Hall–Kier alpha value is 0.145. The lowest BCUT2D eigenvalue weighted by Crippen LogP contribution is -2.42. The highest BCUT2D eigenvalue weighted by Gasteiger charge is 2.20. The number of nitrogens with one attached hydrogen (secondary N) is 1. The SMILES string of the molecule is [2H]P([B][3H])SOC[C@@H](COCC[C@@H](CCCCCCC)OC(=O)CCCCCCCCCCC)NS(=O)(=O)CCCCCCCCCCCC. The highest BCUT2D eigenvalue weighted by Crippen LogP contribution is 2.24. The van der Waals surface area contributed by atoms with Crippen LogP contribution in [0.25, 0.3) is 0 Å². The first kappa shape index (κ1) is 44.3. The monoisotopic (exact) mass is 740 g/mol. The van der Waals surface area contributed by atoms with Gasteiger partial charge in [-0.05, 0) is 27.0 Å². The maximum absolute atomic E-state index is 12.9. The van der Waals surface area contributed by atoms with Gasteiger partial charge < -0.3 is 13.7 Å². The standard InChI is InChI=1S/C37H76BNO6PS2/c1-4-7-10-13-15-17-19-21-24-27-32-48(41,42)39-35(34-44-47-46-38)33-43-31-30-36(28-25-22-12-9-6-3)45-37(40)29-26-23-20-18-16-14-11-8-5-2/h35-36,38-39,46H,4-34H2,1-3H3/t35-,36-,46?/m1/s1/i38T,46D. The zero-order valence-electron chi connectivity index (χ0n) is 33.4. The molecule has 0 aliphatic carbocycles. The number of unbranched alkanes of at least 4 members (excludes halogenated alkanes) is 21. The van der Waals surface area contributed by atoms with E-state index < -0.39 is 23.7 Å². The molecule has 0 spiro atoms. The minimum atomic E-state index is -3.53. The number of esters is 1. The molecule has 11 heteroatoms. The minimum absolute atomic E-state index is 0.0437. The van der Waals surface area contributed by atoms with E-state index in [4.69, 9.17) is 16.3 Å². The highest BCUT2D eigenvalue weighted by molar-refractivity contribution is 8.53. The molecule has 7 nitrogen and oxygen atoms in total. The van der Waals surface area contributed by atoms with Crippen LogP contribution in [0, 0.1) is 0 Å². The molecule has 285 valence electrons. The molecule has 48 heavy (non-hydrogen) atoms. The van der Waals surface area contributed by atoms with Crippen LogP contribution in [0.1, 0.15) is 194 Å². The summed E-state index contributed by atoms with van der Waals surface area (Å²) >= 11 is 0.886. The summed E-state index contributed by atoms with van der Waals surface area (Å²) in [5.41, 5.74) is 0. The second-order valence-electron chi connectivity index (χ2n) is 13.5. The van der Waals surface area contributed by atoms with Crippen molar-refractivity contribution in [1.29, 1.82) is 2.61 Å². The van der Waals surface area contributed by atoms with Crippen LogP contribution in [0.15, 0.2) is 0 Å². The molecule has 0 amide bonds. The third kappa shape index (κ3) is 34.6. The molecule has 0 aromatic carbocycles. The minimum Gasteiger partial charge on any atom is -0.462 e. The molecule has 0 saturated heterocycles. The molecule has 0 heterocycles. The van der Waals surface area contributed by atoms with Crippen LogP contribution in [-0.4, -0.2) is 62.2 Å². The lowest BCUT2D eigenvalue weighted by atomic mass is 10.1. The fourth-order valence-corrected chi connectivity index (χ4v) is 7.85. The molecular formula is C37H76BNO6PS2. The van der Waals surface area contributed by atoms with Crippen molar-refractivity contribution in [3.8, 4) is 0 Å². The zero-order chi connectivity index (χ0) is 37.0. The van der Waals surface area contributed by atoms with Gasteiger partial charge in [0, 0.05) is 24.5 Å². The van der Waals surface area contributed by atoms with Gasteiger partial charge in [-0.1, -0.05) is 163 Å². The van der Waals surface area contributed by atoms with Gasteiger partial charge >= 0.3 is 5.97 Å². The van der Waals surface area contributed by atoms with Gasteiger partial charge in [-0.2, -0.15) is 0 Å². The third-order valence-electron chi connectivity index (χ3n) is 8.79. The Morgan fingerprint density at radius 3 is 1.79 bits per heavy atom. The van der Waals surface area contributed by atoms with Crippen molar-refractivity contribution < 1.29 is 26.9 Å². The quantitative estimate of drug-likeness (QED) is 0.0220.